The average molecular weight is 231 g/mol. The Morgan fingerprint density at radius 3 is 2.60 bits per heavy atom. The molecule has 1 fully saturated rings. The van der Waals surface area contributed by atoms with Crippen molar-refractivity contribution in [1.29, 1.82) is 0 Å². The van der Waals surface area contributed by atoms with Crippen LogP contribution in [0.4, 0.5) is 0 Å². The molecule has 2 nitrogen and oxygen atoms in total. The first kappa shape index (κ1) is 13.3. The fourth-order valence-corrected chi connectivity index (χ4v) is 3.00. The van der Waals surface area contributed by atoms with Gasteiger partial charge in [-0.1, -0.05) is 19.8 Å². The zero-order valence-corrected chi connectivity index (χ0v) is 10.8. The van der Waals surface area contributed by atoms with Crippen molar-refractivity contribution in [2.24, 2.45) is 5.92 Å². The van der Waals surface area contributed by atoms with Gasteiger partial charge in [-0.15, -0.1) is 0 Å². The predicted octanol–water partition coefficient (Wildman–Crippen LogP) is 2.22. The van der Waals surface area contributed by atoms with Crippen LogP contribution in [0.5, 0.6) is 0 Å². The molecule has 0 aromatic carbocycles. The van der Waals surface area contributed by atoms with E-state index in [-0.39, 0.29) is 0 Å². The number of hydrogen-bond acceptors (Lipinski definition) is 3. The highest BCUT2D eigenvalue weighted by molar-refractivity contribution is 7.99. The number of thioether (sulfide) groups is 1. The quantitative estimate of drug-likeness (QED) is 0.680. The first-order valence-corrected chi connectivity index (χ1v) is 7.39. The van der Waals surface area contributed by atoms with Gasteiger partial charge in [0.2, 0.25) is 0 Å². The summed E-state index contributed by atoms with van der Waals surface area (Å²) in [5, 5.41) is 8.79. The van der Waals surface area contributed by atoms with Crippen molar-refractivity contribution in [2.75, 3.05) is 37.7 Å². The van der Waals surface area contributed by atoms with Gasteiger partial charge in [-0.25, -0.2) is 0 Å². The van der Waals surface area contributed by atoms with E-state index in [1.54, 1.807) is 0 Å². The molecule has 0 amide bonds. The molecule has 3 heteroatoms. The zero-order chi connectivity index (χ0) is 10.9. The molecule has 0 aromatic heterocycles. The summed E-state index contributed by atoms with van der Waals surface area (Å²) >= 11 is 2.08. The van der Waals surface area contributed by atoms with E-state index >= 15 is 0 Å². The van der Waals surface area contributed by atoms with Crippen LogP contribution in [0.15, 0.2) is 0 Å². The Morgan fingerprint density at radius 2 is 1.93 bits per heavy atom. The Bertz CT molecular complexity index is 149. The van der Waals surface area contributed by atoms with Gasteiger partial charge in [0.25, 0.3) is 0 Å². The molecule has 0 spiro atoms. The minimum Gasteiger partial charge on any atom is -0.396 e. The fraction of sp³-hybridized carbons (Fsp3) is 1.00. The van der Waals surface area contributed by atoms with E-state index in [4.69, 9.17) is 5.11 Å². The van der Waals surface area contributed by atoms with Gasteiger partial charge in [0, 0.05) is 31.2 Å². The fourth-order valence-electron chi connectivity index (χ4n) is 2.02. The van der Waals surface area contributed by atoms with Crippen molar-refractivity contribution >= 4 is 11.8 Å². The number of hydrogen-bond donors (Lipinski definition) is 1. The molecule has 1 atom stereocenters. The molecule has 1 N–H and O–H groups in total. The summed E-state index contributed by atoms with van der Waals surface area (Å²) in [7, 11) is 0. The summed E-state index contributed by atoms with van der Waals surface area (Å²) in [6.07, 6.45) is 4.91. The lowest BCUT2D eigenvalue weighted by Crippen LogP contribution is -2.33. The van der Waals surface area contributed by atoms with Gasteiger partial charge in [0.05, 0.1) is 0 Å². The van der Waals surface area contributed by atoms with Crippen molar-refractivity contribution in [2.45, 2.75) is 32.6 Å². The van der Waals surface area contributed by atoms with Gasteiger partial charge in [0.15, 0.2) is 0 Å². The highest BCUT2D eigenvalue weighted by Gasteiger charge is 2.09. The lowest BCUT2D eigenvalue weighted by molar-refractivity contribution is 0.252. The normalized spacial score (nSPS) is 20.4. The second-order valence-electron chi connectivity index (χ2n) is 4.57. The van der Waals surface area contributed by atoms with Crippen molar-refractivity contribution in [3.05, 3.63) is 0 Å². The van der Waals surface area contributed by atoms with E-state index in [0.29, 0.717) is 12.5 Å². The minimum atomic E-state index is 0.352. The van der Waals surface area contributed by atoms with E-state index in [1.165, 1.54) is 50.4 Å². The number of nitrogens with zero attached hydrogens (tertiary/aromatic N) is 1. The van der Waals surface area contributed by atoms with Gasteiger partial charge in [-0.3, -0.25) is 0 Å². The molecular weight excluding hydrogens is 206 g/mol. The Kier molecular flexibility index (Phi) is 7.49. The molecule has 1 heterocycles. The largest absolute Gasteiger partial charge is 0.396 e. The Balaban J connectivity index is 1.91. The summed E-state index contributed by atoms with van der Waals surface area (Å²) in [5.74, 6) is 3.34. The molecule has 15 heavy (non-hydrogen) atoms. The van der Waals surface area contributed by atoms with Crippen molar-refractivity contribution in [3.63, 3.8) is 0 Å². The summed E-state index contributed by atoms with van der Waals surface area (Å²) in [6.45, 7) is 6.46. The number of rotatable bonds is 7. The Hall–Kier alpha value is 0.270. The highest BCUT2D eigenvalue weighted by Crippen LogP contribution is 2.13. The first-order chi connectivity index (χ1) is 7.33. The molecule has 1 saturated heterocycles. The van der Waals surface area contributed by atoms with Crippen LogP contribution < -0.4 is 0 Å². The van der Waals surface area contributed by atoms with Crippen LogP contribution in [0, 0.1) is 5.92 Å². The maximum absolute atomic E-state index is 8.79. The zero-order valence-electron chi connectivity index (χ0n) is 9.95. The summed E-state index contributed by atoms with van der Waals surface area (Å²) < 4.78 is 0. The lowest BCUT2D eigenvalue weighted by atomic mass is 10.0. The Morgan fingerprint density at radius 1 is 1.20 bits per heavy atom. The molecule has 0 radical (unpaired) electrons. The second-order valence-corrected chi connectivity index (χ2v) is 5.79. The van der Waals surface area contributed by atoms with E-state index < -0.39 is 0 Å². The van der Waals surface area contributed by atoms with Gasteiger partial charge < -0.3 is 10.0 Å². The van der Waals surface area contributed by atoms with Gasteiger partial charge >= 0.3 is 0 Å². The van der Waals surface area contributed by atoms with Crippen molar-refractivity contribution in [1.82, 2.24) is 4.90 Å². The van der Waals surface area contributed by atoms with Crippen LogP contribution in [-0.4, -0.2) is 47.8 Å². The molecule has 0 aliphatic carbocycles. The van der Waals surface area contributed by atoms with Gasteiger partial charge in [0.1, 0.15) is 0 Å². The van der Waals surface area contributed by atoms with E-state index in [0.717, 1.165) is 6.42 Å². The average Bonchev–Trinajstić information content (AvgIpc) is 2.26. The molecule has 0 unspecified atom stereocenters. The molecule has 1 rings (SSSR count). The predicted molar refractivity (Wildman–Crippen MR) is 68.5 cm³/mol. The minimum absolute atomic E-state index is 0.352. The third-order valence-corrected chi connectivity index (χ3v) is 4.09. The summed E-state index contributed by atoms with van der Waals surface area (Å²) in [5.41, 5.74) is 0. The third kappa shape index (κ3) is 6.44. The van der Waals surface area contributed by atoms with Gasteiger partial charge in [-0.05, 0) is 25.3 Å². The smallest absolute Gasteiger partial charge is 0.0433 e. The van der Waals surface area contributed by atoms with Crippen LogP contribution in [0.2, 0.25) is 0 Å². The van der Waals surface area contributed by atoms with Crippen LogP contribution in [0.3, 0.4) is 0 Å². The molecule has 1 aliphatic heterocycles. The van der Waals surface area contributed by atoms with E-state index in [1.807, 2.05) is 0 Å². The first-order valence-electron chi connectivity index (χ1n) is 6.24. The summed E-state index contributed by atoms with van der Waals surface area (Å²) in [6, 6.07) is 0. The van der Waals surface area contributed by atoms with Crippen LogP contribution in [0.25, 0.3) is 0 Å². The maximum atomic E-state index is 8.79. The summed E-state index contributed by atoms with van der Waals surface area (Å²) in [4.78, 5) is 2.59. The highest BCUT2D eigenvalue weighted by atomic mass is 32.2. The number of aliphatic hydroxyl groups excluding tert-OH is 1. The topological polar surface area (TPSA) is 23.5 Å². The van der Waals surface area contributed by atoms with E-state index in [2.05, 4.69) is 23.6 Å². The van der Waals surface area contributed by atoms with Crippen molar-refractivity contribution in [3.8, 4) is 0 Å². The van der Waals surface area contributed by atoms with Crippen LogP contribution in [-0.2, 0) is 0 Å². The monoisotopic (exact) mass is 231 g/mol. The van der Waals surface area contributed by atoms with E-state index in [9.17, 15) is 0 Å². The van der Waals surface area contributed by atoms with Crippen molar-refractivity contribution < 1.29 is 5.11 Å². The maximum Gasteiger partial charge on any atom is 0.0433 e. The molecule has 0 aromatic rings. The molecule has 0 saturated carbocycles. The SMILES string of the molecule is C[C@H](CCO)CCCCN1CCSCC1. The lowest BCUT2D eigenvalue weighted by Gasteiger charge is -2.26. The standard InChI is InChI=1S/C12H25NOS/c1-12(5-9-14)4-2-3-6-13-7-10-15-11-8-13/h12,14H,2-11H2,1H3/t12-/m0/s1. The van der Waals surface area contributed by atoms with Gasteiger partial charge in [-0.2, -0.15) is 11.8 Å². The van der Waals surface area contributed by atoms with Crippen LogP contribution >= 0.6 is 11.8 Å². The third-order valence-electron chi connectivity index (χ3n) is 3.15. The molecule has 90 valence electrons. The molecule has 1 aliphatic rings. The molecular formula is C12H25NOS. The number of aliphatic hydroxyl groups is 1. The molecule has 0 bridgehead atoms. The van der Waals surface area contributed by atoms with Crippen LogP contribution in [0.1, 0.15) is 32.6 Å². The Labute approximate surface area is 98.4 Å². The number of unbranched alkanes of at least 4 members (excludes halogenated alkanes) is 1. The second kappa shape index (κ2) is 8.43.